The molecule has 1 aliphatic rings. The summed E-state index contributed by atoms with van der Waals surface area (Å²) in [4.78, 5) is 11.2. The van der Waals surface area contributed by atoms with Gasteiger partial charge in [-0.15, -0.1) is 0 Å². The summed E-state index contributed by atoms with van der Waals surface area (Å²) in [5, 5.41) is 3.14. The van der Waals surface area contributed by atoms with E-state index < -0.39 is 12.6 Å². The Bertz CT molecular complexity index is 209. The van der Waals surface area contributed by atoms with Gasteiger partial charge in [0.15, 0.2) is 0 Å². The van der Waals surface area contributed by atoms with Crippen molar-refractivity contribution >= 4 is 5.78 Å². The minimum Gasteiger partial charge on any atom is -0.316 e. The normalized spacial score (nSPS) is 22.7. The Morgan fingerprint density at radius 3 is 2.67 bits per heavy atom. The highest BCUT2D eigenvalue weighted by molar-refractivity contribution is 5.78. The van der Waals surface area contributed by atoms with Crippen molar-refractivity contribution in [3.63, 3.8) is 0 Å². The highest BCUT2D eigenvalue weighted by atomic mass is 19.4. The second-order valence-electron chi connectivity index (χ2n) is 4.07. The molecular formula is C10H16F3NO. The number of carbonyl (C=O) groups is 1. The van der Waals surface area contributed by atoms with Crippen molar-refractivity contribution in [2.24, 2.45) is 5.92 Å². The van der Waals surface area contributed by atoms with Crippen LogP contribution in [-0.4, -0.2) is 25.0 Å². The molecule has 0 aromatic carbocycles. The number of piperidine rings is 1. The highest BCUT2D eigenvalue weighted by Gasteiger charge is 2.28. The highest BCUT2D eigenvalue weighted by Crippen LogP contribution is 2.23. The van der Waals surface area contributed by atoms with Gasteiger partial charge in [0.2, 0.25) is 0 Å². The molecule has 15 heavy (non-hydrogen) atoms. The van der Waals surface area contributed by atoms with E-state index in [9.17, 15) is 18.0 Å². The second-order valence-corrected chi connectivity index (χ2v) is 4.07. The first-order valence-electron chi connectivity index (χ1n) is 5.26. The number of halogens is 3. The smallest absolute Gasteiger partial charge is 0.316 e. The van der Waals surface area contributed by atoms with Crippen molar-refractivity contribution in [3.05, 3.63) is 0 Å². The van der Waals surface area contributed by atoms with Crippen LogP contribution < -0.4 is 5.32 Å². The van der Waals surface area contributed by atoms with Gasteiger partial charge in [0.1, 0.15) is 5.78 Å². The molecule has 1 heterocycles. The lowest BCUT2D eigenvalue weighted by molar-refractivity contribution is -0.143. The Morgan fingerprint density at radius 1 is 1.40 bits per heavy atom. The lowest BCUT2D eigenvalue weighted by atomic mass is 9.93. The average Bonchev–Trinajstić information content (AvgIpc) is 2.15. The Hall–Kier alpha value is -0.580. The van der Waals surface area contributed by atoms with Crippen LogP contribution in [0.15, 0.2) is 0 Å². The first kappa shape index (κ1) is 12.5. The molecule has 88 valence electrons. The van der Waals surface area contributed by atoms with Gasteiger partial charge >= 0.3 is 6.18 Å². The number of hydrogen-bond donors (Lipinski definition) is 1. The molecule has 2 nitrogen and oxygen atoms in total. The molecule has 0 aromatic rings. The average molecular weight is 223 g/mol. The number of alkyl halides is 3. The summed E-state index contributed by atoms with van der Waals surface area (Å²) in [5.74, 6) is -0.0273. The molecule has 0 bridgehead atoms. The third-order valence-electron chi connectivity index (χ3n) is 2.60. The molecular weight excluding hydrogens is 207 g/mol. The van der Waals surface area contributed by atoms with Crippen LogP contribution in [0.2, 0.25) is 0 Å². The van der Waals surface area contributed by atoms with Gasteiger partial charge < -0.3 is 5.32 Å². The monoisotopic (exact) mass is 223 g/mol. The summed E-state index contributed by atoms with van der Waals surface area (Å²) in [6, 6.07) is 0. The van der Waals surface area contributed by atoms with Crippen molar-refractivity contribution in [2.75, 3.05) is 13.1 Å². The predicted molar refractivity (Wildman–Crippen MR) is 50.5 cm³/mol. The van der Waals surface area contributed by atoms with E-state index in [1.54, 1.807) is 0 Å². The Balaban J connectivity index is 2.17. The van der Waals surface area contributed by atoms with Crippen molar-refractivity contribution in [3.8, 4) is 0 Å². The summed E-state index contributed by atoms with van der Waals surface area (Å²) in [6.07, 6.45) is -3.29. The van der Waals surface area contributed by atoms with Crippen molar-refractivity contribution in [1.82, 2.24) is 5.32 Å². The number of ketones is 1. The van der Waals surface area contributed by atoms with Gasteiger partial charge in [0.25, 0.3) is 0 Å². The number of Topliss-reactive ketones (excluding diaryl/α,β-unsaturated/α-hetero) is 1. The van der Waals surface area contributed by atoms with Gasteiger partial charge in [-0.1, -0.05) is 0 Å². The van der Waals surface area contributed by atoms with E-state index in [-0.39, 0.29) is 18.1 Å². The zero-order chi connectivity index (χ0) is 11.3. The lowest BCUT2D eigenvalue weighted by Gasteiger charge is -2.21. The summed E-state index contributed by atoms with van der Waals surface area (Å²) < 4.78 is 35.5. The lowest BCUT2D eigenvalue weighted by Crippen LogP contribution is -2.31. The number of hydrogen-bond acceptors (Lipinski definition) is 2. The number of carbonyl (C=O) groups excluding carboxylic acids is 1. The SMILES string of the molecule is O=C(CCC(F)(F)F)CC1CCCNC1. The Kier molecular flexibility index (Phi) is 4.57. The van der Waals surface area contributed by atoms with Crippen LogP contribution in [0.25, 0.3) is 0 Å². The van der Waals surface area contributed by atoms with E-state index in [1.165, 1.54) is 0 Å². The first-order valence-corrected chi connectivity index (χ1v) is 5.26. The van der Waals surface area contributed by atoms with E-state index in [0.717, 1.165) is 25.9 Å². The molecule has 0 radical (unpaired) electrons. The summed E-state index contributed by atoms with van der Waals surface area (Å²) in [7, 11) is 0. The molecule has 1 saturated heterocycles. The van der Waals surface area contributed by atoms with Crippen LogP contribution in [0.4, 0.5) is 13.2 Å². The van der Waals surface area contributed by atoms with Gasteiger partial charge in [-0.3, -0.25) is 4.79 Å². The molecule has 5 heteroatoms. The Morgan fingerprint density at radius 2 is 2.13 bits per heavy atom. The van der Waals surface area contributed by atoms with E-state index >= 15 is 0 Å². The third kappa shape index (κ3) is 5.77. The molecule has 1 N–H and O–H groups in total. The van der Waals surface area contributed by atoms with Gasteiger partial charge in [0, 0.05) is 12.8 Å². The van der Waals surface area contributed by atoms with Crippen LogP contribution in [-0.2, 0) is 4.79 Å². The summed E-state index contributed by atoms with van der Waals surface area (Å²) >= 11 is 0. The fraction of sp³-hybridized carbons (Fsp3) is 0.900. The minimum absolute atomic E-state index is 0.236. The molecule has 1 aliphatic heterocycles. The molecule has 1 fully saturated rings. The quantitative estimate of drug-likeness (QED) is 0.792. The van der Waals surface area contributed by atoms with Crippen LogP contribution >= 0.6 is 0 Å². The molecule has 0 amide bonds. The van der Waals surface area contributed by atoms with Crippen LogP contribution in [0.3, 0.4) is 0 Å². The Labute approximate surface area is 87.2 Å². The summed E-state index contributed by atoms with van der Waals surface area (Å²) in [5.41, 5.74) is 0. The fourth-order valence-corrected chi connectivity index (χ4v) is 1.80. The largest absolute Gasteiger partial charge is 0.389 e. The minimum atomic E-state index is -4.21. The first-order chi connectivity index (χ1) is 6.97. The summed E-state index contributed by atoms with van der Waals surface area (Å²) in [6.45, 7) is 1.71. The van der Waals surface area contributed by atoms with Gasteiger partial charge in [-0.25, -0.2) is 0 Å². The number of nitrogens with one attached hydrogen (secondary N) is 1. The maximum atomic E-state index is 11.8. The van der Waals surface area contributed by atoms with Crippen LogP contribution in [0, 0.1) is 5.92 Å². The molecule has 1 unspecified atom stereocenters. The van der Waals surface area contributed by atoms with E-state index in [4.69, 9.17) is 0 Å². The zero-order valence-electron chi connectivity index (χ0n) is 8.57. The molecule has 0 saturated carbocycles. The van der Waals surface area contributed by atoms with E-state index in [1.807, 2.05) is 0 Å². The molecule has 1 rings (SSSR count). The van der Waals surface area contributed by atoms with Crippen molar-refractivity contribution in [2.45, 2.75) is 38.3 Å². The van der Waals surface area contributed by atoms with Gasteiger partial charge in [0.05, 0.1) is 6.42 Å². The zero-order valence-corrected chi connectivity index (χ0v) is 8.57. The molecule has 0 spiro atoms. The fourth-order valence-electron chi connectivity index (χ4n) is 1.80. The second kappa shape index (κ2) is 5.49. The number of rotatable bonds is 4. The standard InChI is InChI=1S/C10H16F3NO/c11-10(12,13)4-3-9(15)6-8-2-1-5-14-7-8/h8,14H,1-7H2. The van der Waals surface area contributed by atoms with Gasteiger partial charge in [-0.2, -0.15) is 13.2 Å². The van der Waals surface area contributed by atoms with E-state index in [2.05, 4.69) is 5.32 Å². The molecule has 0 aromatic heterocycles. The maximum absolute atomic E-state index is 11.8. The molecule has 1 atom stereocenters. The van der Waals surface area contributed by atoms with Crippen LogP contribution in [0.5, 0.6) is 0 Å². The maximum Gasteiger partial charge on any atom is 0.389 e. The van der Waals surface area contributed by atoms with Crippen molar-refractivity contribution < 1.29 is 18.0 Å². The topological polar surface area (TPSA) is 29.1 Å². The molecule has 0 aliphatic carbocycles. The van der Waals surface area contributed by atoms with E-state index in [0.29, 0.717) is 6.42 Å². The predicted octanol–water partition coefficient (Wildman–Crippen LogP) is 2.29. The van der Waals surface area contributed by atoms with Gasteiger partial charge in [-0.05, 0) is 31.8 Å². The van der Waals surface area contributed by atoms with Crippen molar-refractivity contribution in [1.29, 1.82) is 0 Å². The third-order valence-corrected chi connectivity index (χ3v) is 2.60. The van der Waals surface area contributed by atoms with Crippen LogP contribution in [0.1, 0.15) is 32.1 Å².